The van der Waals surface area contributed by atoms with Crippen molar-refractivity contribution in [3.05, 3.63) is 23.3 Å². The average molecular weight is 366 g/mol. The second kappa shape index (κ2) is 10.5. The molecular weight excluding hydrogens is 345 g/mol. The molecule has 1 saturated carbocycles. The SMILES string of the molecule is COc1cc(C)c(O)c(C=NC2CCCCC2)c1.[Cl][Ti][Cl]. The van der Waals surface area contributed by atoms with Gasteiger partial charge in [0, 0.05) is 17.8 Å². The van der Waals surface area contributed by atoms with Gasteiger partial charge in [-0.3, -0.25) is 4.99 Å². The molecule has 3 nitrogen and oxygen atoms in total. The molecule has 1 aliphatic rings. The van der Waals surface area contributed by atoms with Crippen LogP contribution in [-0.2, 0) is 17.0 Å². The molecule has 1 N–H and O–H groups in total. The molecule has 21 heavy (non-hydrogen) atoms. The van der Waals surface area contributed by atoms with Gasteiger partial charge in [0.2, 0.25) is 0 Å². The first-order valence-corrected chi connectivity index (χ1v) is 11.3. The van der Waals surface area contributed by atoms with Gasteiger partial charge in [0.15, 0.2) is 0 Å². The van der Waals surface area contributed by atoms with Crippen LogP contribution < -0.4 is 4.74 Å². The van der Waals surface area contributed by atoms with Crippen LogP contribution in [0.25, 0.3) is 0 Å². The molecular formula is C15H21Cl2NO2Ti. The van der Waals surface area contributed by atoms with Crippen molar-refractivity contribution in [2.24, 2.45) is 4.99 Å². The van der Waals surface area contributed by atoms with E-state index in [9.17, 15) is 5.11 Å². The molecule has 0 bridgehead atoms. The number of nitrogens with zero attached hydrogens (tertiary/aromatic N) is 1. The second-order valence-corrected chi connectivity index (χ2v) is 7.60. The zero-order chi connectivity index (χ0) is 15.7. The second-order valence-electron chi connectivity index (χ2n) is 5.02. The summed E-state index contributed by atoms with van der Waals surface area (Å²) < 4.78 is 5.21. The Morgan fingerprint density at radius 3 is 2.48 bits per heavy atom. The normalized spacial score (nSPS) is 15.4. The van der Waals surface area contributed by atoms with Crippen LogP contribution in [0.3, 0.4) is 0 Å². The molecule has 0 heterocycles. The maximum atomic E-state index is 10.0. The van der Waals surface area contributed by atoms with Gasteiger partial charge < -0.3 is 9.84 Å². The van der Waals surface area contributed by atoms with E-state index in [2.05, 4.69) is 4.99 Å². The number of halogens is 2. The topological polar surface area (TPSA) is 41.8 Å². The molecule has 1 aromatic rings. The van der Waals surface area contributed by atoms with Gasteiger partial charge in [0.25, 0.3) is 0 Å². The predicted octanol–water partition coefficient (Wildman–Crippen LogP) is 4.84. The van der Waals surface area contributed by atoms with E-state index in [1.54, 1.807) is 13.3 Å². The molecule has 1 fully saturated rings. The van der Waals surface area contributed by atoms with Crippen molar-refractivity contribution in [3.63, 3.8) is 0 Å². The van der Waals surface area contributed by atoms with E-state index >= 15 is 0 Å². The Labute approximate surface area is 143 Å². The van der Waals surface area contributed by atoms with Crippen LogP contribution in [0.2, 0.25) is 0 Å². The van der Waals surface area contributed by atoms with Crippen molar-refractivity contribution in [2.45, 2.75) is 45.1 Å². The van der Waals surface area contributed by atoms with Gasteiger partial charge in [-0.25, -0.2) is 0 Å². The van der Waals surface area contributed by atoms with E-state index in [-0.39, 0.29) is 0 Å². The first-order valence-electron chi connectivity index (χ1n) is 6.99. The molecule has 0 atom stereocenters. The fourth-order valence-corrected chi connectivity index (χ4v) is 2.40. The third-order valence-electron chi connectivity index (χ3n) is 3.54. The van der Waals surface area contributed by atoms with E-state index in [1.165, 1.54) is 32.1 Å². The van der Waals surface area contributed by atoms with Gasteiger partial charge >= 0.3 is 35.6 Å². The monoisotopic (exact) mass is 365 g/mol. The molecule has 0 spiro atoms. The van der Waals surface area contributed by atoms with E-state index in [0.29, 0.717) is 11.8 Å². The Balaban J connectivity index is 0.000000677. The summed E-state index contributed by atoms with van der Waals surface area (Å²) in [5.41, 5.74) is 1.57. The van der Waals surface area contributed by atoms with Gasteiger partial charge in [0.05, 0.1) is 7.11 Å². The zero-order valence-corrected chi connectivity index (χ0v) is 15.5. The molecule has 2 rings (SSSR count). The minimum atomic E-state index is -0.556. The summed E-state index contributed by atoms with van der Waals surface area (Å²) in [7, 11) is 11.4. The first-order chi connectivity index (χ1) is 10.1. The molecule has 116 valence electrons. The molecule has 0 amide bonds. The number of hydrogen-bond donors (Lipinski definition) is 1. The summed E-state index contributed by atoms with van der Waals surface area (Å²) >= 11 is -0.556. The van der Waals surface area contributed by atoms with Crippen LogP contribution in [0.5, 0.6) is 11.5 Å². The Morgan fingerprint density at radius 2 is 1.90 bits per heavy atom. The fourth-order valence-electron chi connectivity index (χ4n) is 2.40. The minimum absolute atomic E-state index is 0.301. The van der Waals surface area contributed by atoms with Crippen LogP contribution >= 0.6 is 18.6 Å². The number of phenolic OH excluding ortho intramolecular Hbond substituents is 1. The maximum absolute atomic E-state index is 10.0. The van der Waals surface area contributed by atoms with Crippen molar-refractivity contribution >= 4 is 24.8 Å². The van der Waals surface area contributed by atoms with E-state index in [0.717, 1.165) is 16.9 Å². The molecule has 6 heteroatoms. The number of hydrogen-bond acceptors (Lipinski definition) is 3. The summed E-state index contributed by atoms with van der Waals surface area (Å²) in [4.78, 5) is 4.59. The third kappa shape index (κ3) is 6.60. The van der Waals surface area contributed by atoms with Crippen molar-refractivity contribution in [1.29, 1.82) is 0 Å². The Morgan fingerprint density at radius 1 is 1.29 bits per heavy atom. The third-order valence-corrected chi connectivity index (χ3v) is 3.54. The molecule has 0 unspecified atom stereocenters. The summed E-state index contributed by atoms with van der Waals surface area (Å²) in [6.45, 7) is 1.87. The van der Waals surface area contributed by atoms with E-state index in [1.807, 2.05) is 19.1 Å². The summed E-state index contributed by atoms with van der Waals surface area (Å²) in [6, 6.07) is 4.08. The van der Waals surface area contributed by atoms with Crippen LogP contribution in [0.15, 0.2) is 17.1 Å². The zero-order valence-electron chi connectivity index (χ0n) is 12.4. The predicted molar refractivity (Wildman–Crippen MR) is 85.6 cm³/mol. The van der Waals surface area contributed by atoms with Gasteiger partial charge in [-0.1, -0.05) is 19.3 Å². The number of aromatic hydroxyl groups is 1. The molecule has 0 aromatic heterocycles. The molecule has 1 aromatic carbocycles. The van der Waals surface area contributed by atoms with Crippen LogP contribution in [0, 0.1) is 6.92 Å². The fraction of sp³-hybridized carbons (Fsp3) is 0.533. The molecule has 0 aliphatic heterocycles. The Hall–Kier alpha value is -0.216. The quantitative estimate of drug-likeness (QED) is 0.615. The first kappa shape index (κ1) is 18.8. The van der Waals surface area contributed by atoms with Crippen molar-refractivity contribution in [3.8, 4) is 11.5 Å². The van der Waals surface area contributed by atoms with Crippen molar-refractivity contribution in [2.75, 3.05) is 7.11 Å². The van der Waals surface area contributed by atoms with Crippen LogP contribution in [0.1, 0.15) is 43.2 Å². The van der Waals surface area contributed by atoms with E-state index in [4.69, 9.17) is 23.3 Å². The average Bonchev–Trinajstić information content (AvgIpc) is 2.50. The molecule has 0 saturated heterocycles. The van der Waals surface area contributed by atoms with Gasteiger partial charge in [-0.2, -0.15) is 0 Å². The van der Waals surface area contributed by atoms with Crippen LogP contribution in [0.4, 0.5) is 0 Å². The Bertz CT molecular complexity index is 463. The molecule has 0 radical (unpaired) electrons. The van der Waals surface area contributed by atoms with Gasteiger partial charge in [0.1, 0.15) is 11.5 Å². The molecule has 1 aliphatic carbocycles. The summed E-state index contributed by atoms with van der Waals surface area (Å²) in [5.74, 6) is 1.06. The number of ether oxygens (including phenoxy) is 1. The number of aliphatic imine (C=N–C) groups is 1. The number of phenols is 1. The number of aryl methyl sites for hydroxylation is 1. The standard InChI is InChI=1S/C15H21NO2.2ClH.Ti/c1-11-8-14(18-2)9-12(15(11)17)10-16-13-6-4-3-5-7-13;;;/h8-10,13,17H,3-7H2,1-2H3;2*1H;/q;;;+2/p-2. The van der Waals surface area contributed by atoms with E-state index < -0.39 is 17.0 Å². The van der Waals surface area contributed by atoms with Gasteiger partial charge in [-0.05, 0) is 37.5 Å². The van der Waals surface area contributed by atoms with Gasteiger partial charge in [-0.15, -0.1) is 0 Å². The number of benzene rings is 1. The number of methoxy groups -OCH3 is 1. The van der Waals surface area contributed by atoms with Crippen LogP contribution in [-0.4, -0.2) is 24.5 Å². The summed E-state index contributed by atoms with van der Waals surface area (Å²) in [5, 5.41) is 10.0. The van der Waals surface area contributed by atoms with Crippen molar-refractivity contribution in [1.82, 2.24) is 0 Å². The Kier molecular flexibility index (Phi) is 9.42. The summed E-state index contributed by atoms with van der Waals surface area (Å²) in [6.07, 6.45) is 7.99. The van der Waals surface area contributed by atoms with Crippen molar-refractivity contribution < 1.29 is 26.9 Å². The number of rotatable bonds is 3.